The molecule has 58 heavy (non-hydrogen) atoms. The van der Waals surface area contributed by atoms with Crippen molar-refractivity contribution in [3.05, 3.63) is 36.5 Å². The van der Waals surface area contributed by atoms with Gasteiger partial charge in [0.2, 0.25) is 0 Å². The summed E-state index contributed by atoms with van der Waals surface area (Å²) in [5.41, 5.74) is 0. The van der Waals surface area contributed by atoms with E-state index in [1.807, 2.05) is 0 Å². The molecule has 0 bridgehead atoms. The fraction of sp³-hybridized carbons (Fsp3) is 0.895. The molecule has 0 aromatic heterocycles. The quantitative estimate of drug-likeness (QED) is 0.0479. The minimum Gasteiger partial charge on any atom is -0.393 e. The van der Waals surface area contributed by atoms with Crippen LogP contribution in [0.15, 0.2) is 36.5 Å². The third-order valence-electron chi connectivity index (χ3n) is 12.8. The molecule has 344 valence electrons. The molecule has 0 rings (SSSR count). The second-order valence-corrected chi connectivity index (χ2v) is 18.8. The SMILES string of the molecule is CCCCCCCCCCCCCCCC=CCCCCCCC=CCC=CCCCCCCCCCCCCC[C@H](O)CCCCCCCCCCCCCCC. The molecule has 0 aliphatic carbocycles. The van der Waals surface area contributed by atoms with Gasteiger partial charge in [0.1, 0.15) is 0 Å². The molecular weight excluding hydrogens is 701 g/mol. The number of rotatable bonds is 51. The Morgan fingerprint density at radius 1 is 0.241 bits per heavy atom. The van der Waals surface area contributed by atoms with E-state index in [9.17, 15) is 5.11 Å². The maximum absolute atomic E-state index is 10.4. The van der Waals surface area contributed by atoms with Gasteiger partial charge in [0.25, 0.3) is 0 Å². The Morgan fingerprint density at radius 3 is 0.672 bits per heavy atom. The van der Waals surface area contributed by atoms with Crippen LogP contribution in [0.5, 0.6) is 0 Å². The van der Waals surface area contributed by atoms with Crippen LogP contribution in [0, 0.1) is 0 Å². The van der Waals surface area contributed by atoms with Crippen molar-refractivity contribution in [2.75, 3.05) is 0 Å². The molecule has 0 heterocycles. The first-order chi connectivity index (χ1) is 28.8. The van der Waals surface area contributed by atoms with Gasteiger partial charge in [-0.2, -0.15) is 0 Å². The van der Waals surface area contributed by atoms with Crippen LogP contribution in [0.4, 0.5) is 0 Å². The Balaban J connectivity index is 3.24. The minimum absolute atomic E-state index is 0.0451. The van der Waals surface area contributed by atoms with E-state index in [0.717, 1.165) is 19.3 Å². The predicted molar refractivity (Wildman–Crippen MR) is 266 cm³/mol. The number of hydrogen-bond donors (Lipinski definition) is 1. The van der Waals surface area contributed by atoms with E-state index in [1.54, 1.807) is 0 Å². The third-order valence-corrected chi connectivity index (χ3v) is 12.8. The van der Waals surface area contributed by atoms with E-state index in [4.69, 9.17) is 0 Å². The van der Waals surface area contributed by atoms with Gasteiger partial charge in [-0.25, -0.2) is 0 Å². The molecule has 1 nitrogen and oxygen atoms in total. The van der Waals surface area contributed by atoms with Gasteiger partial charge in [0.05, 0.1) is 6.10 Å². The molecule has 0 saturated carbocycles. The first-order valence-electron chi connectivity index (χ1n) is 27.4. The summed E-state index contributed by atoms with van der Waals surface area (Å²) in [4.78, 5) is 0. The molecule has 0 aromatic rings. The lowest BCUT2D eigenvalue weighted by Crippen LogP contribution is -2.05. The molecule has 0 aromatic carbocycles. The Morgan fingerprint density at radius 2 is 0.431 bits per heavy atom. The molecule has 0 fully saturated rings. The summed E-state index contributed by atoms with van der Waals surface area (Å²) in [5.74, 6) is 0. The highest BCUT2D eigenvalue weighted by molar-refractivity contribution is 4.92. The van der Waals surface area contributed by atoms with Gasteiger partial charge in [-0.05, 0) is 70.6 Å². The van der Waals surface area contributed by atoms with Crippen LogP contribution in [0.3, 0.4) is 0 Å². The van der Waals surface area contributed by atoms with Crippen LogP contribution in [-0.4, -0.2) is 11.2 Å². The highest BCUT2D eigenvalue weighted by atomic mass is 16.3. The molecule has 1 heteroatoms. The van der Waals surface area contributed by atoms with Crippen molar-refractivity contribution in [3.8, 4) is 0 Å². The standard InChI is InChI=1S/C57H110O/c1-3-5-7-9-11-13-15-17-18-19-20-21-22-23-24-25-26-27-28-29-30-31-32-33-34-35-36-37-38-39-40-41-42-44-46-48-50-52-54-56-57(58)55-53-51-49-47-45-43-16-14-12-10-8-6-4-2/h24-25,32-33,35-36,57-58H,3-23,26-31,34,37-56H2,1-2H3/t57-/m1/s1. The summed E-state index contributed by atoms with van der Waals surface area (Å²) in [6, 6.07) is 0. The lowest BCUT2D eigenvalue weighted by molar-refractivity contribution is 0.147. The van der Waals surface area contributed by atoms with Gasteiger partial charge in [-0.3, -0.25) is 0 Å². The molecule has 1 atom stereocenters. The van der Waals surface area contributed by atoms with E-state index < -0.39 is 0 Å². The largest absolute Gasteiger partial charge is 0.393 e. The molecule has 0 spiro atoms. The lowest BCUT2D eigenvalue weighted by Gasteiger charge is -2.10. The first kappa shape index (κ1) is 57.2. The average Bonchev–Trinajstić information content (AvgIpc) is 3.23. The molecular formula is C57H110O. The molecule has 0 aliphatic rings. The summed E-state index contributed by atoms with van der Waals surface area (Å²) in [7, 11) is 0. The minimum atomic E-state index is -0.0451. The number of allylic oxidation sites excluding steroid dienone is 6. The average molecular weight is 812 g/mol. The summed E-state index contributed by atoms with van der Waals surface area (Å²) >= 11 is 0. The molecule has 1 N–H and O–H groups in total. The van der Waals surface area contributed by atoms with E-state index in [1.165, 1.54) is 289 Å². The zero-order chi connectivity index (χ0) is 41.8. The van der Waals surface area contributed by atoms with Crippen LogP contribution >= 0.6 is 0 Å². The van der Waals surface area contributed by atoms with Crippen molar-refractivity contribution >= 4 is 0 Å². The van der Waals surface area contributed by atoms with Crippen LogP contribution in [0.1, 0.15) is 322 Å². The third kappa shape index (κ3) is 53.2. The summed E-state index contributed by atoms with van der Waals surface area (Å²) in [6.45, 7) is 4.60. The summed E-state index contributed by atoms with van der Waals surface area (Å²) in [5, 5.41) is 10.4. The van der Waals surface area contributed by atoms with E-state index in [2.05, 4.69) is 50.3 Å². The number of hydrogen-bond acceptors (Lipinski definition) is 1. The molecule has 0 unspecified atom stereocenters. The normalized spacial score (nSPS) is 12.7. The van der Waals surface area contributed by atoms with Crippen molar-refractivity contribution in [3.63, 3.8) is 0 Å². The van der Waals surface area contributed by atoms with Crippen LogP contribution in [0.2, 0.25) is 0 Å². The van der Waals surface area contributed by atoms with Crippen molar-refractivity contribution in [1.82, 2.24) is 0 Å². The van der Waals surface area contributed by atoms with Gasteiger partial charge in [-0.15, -0.1) is 0 Å². The molecule has 0 amide bonds. The lowest BCUT2D eigenvalue weighted by atomic mass is 10.0. The van der Waals surface area contributed by atoms with E-state index in [0.29, 0.717) is 0 Å². The van der Waals surface area contributed by atoms with Crippen molar-refractivity contribution in [2.45, 2.75) is 328 Å². The number of aliphatic hydroxyl groups is 1. The van der Waals surface area contributed by atoms with Crippen molar-refractivity contribution in [1.29, 1.82) is 0 Å². The fourth-order valence-corrected chi connectivity index (χ4v) is 8.68. The summed E-state index contributed by atoms with van der Waals surface area (Å²) in [6.07, 6.45) is 80.4. The number of unbranched alkanes of at least 4 members (excludes halogenated alkanes) is 41. The van der Waals surface area contributed by atoms with E-state index >= 15 is 0 Å². The fourth-order valence-electron chi connectivity index (χ4n) is 8.68. The Bertz CT molecular complexity index is 793. The van der Waals surface area contributed by atoms with Gasteiger partial charge in [0, 0.05) is 0 Å². The van der Waals surface area contributed by atoms with Gasteiger partial charge >= 0.3 is 0 Å². The Labute approximate surface area is 368 Å². The maximum Gasteiger partial charge on any atom is 0.0540 e. The van der Waals surface area contributed by atoms with E-state index in [-0.39, 0.29) is 6.10 Å². The van der Waals surface area contributed by atoms with Crippen molar-refractivity contribution < 1.29 is 5.11 Å². The van der Waals surface area contributed by atoms with Gasteiger partial charge in [0.15, 0.2) is 0 Å². The Hall–Kier alpha value is -0.820. The smallest absolute Gasteiger partial charge is 0.0540 e. The molecule has 0 radical (unpaired) electrons. The maximum atomic E-state index is 10.4. The zero-order valence-electron chi connectivity index (χ0n) is 40.4. The monoisotopic (exact) mass is 811 g/mol. The zero-order valence-corrected chi connectivity index (χ0v) is 40.4. The molecule has 0 aliphatic heterocycles. The topological polar surface area (TPSA) is 20.2 Å². The van der Waals surface area contributed by atoms with Crippen LogP contribution < -0.4 is 0 Å². The number of aliphatic hydroxyl groups excluding tert-OH is 1. The van der Waals surface area contributed by atoms with Crippen molar-refractivity contribution in [2.24, 2.45) is 0 Å². The van der Waals surface area contributed by atoms with Gasteiger partial charge < -0.3 is 5.11 Å². The molecule has 0 saturated heterocycles. The highest BCUT2D eigenvalue weighted by Gasteiger charge is 2.04. The van der Waals surface area contributed by atoms with Crippen LogP contribution in [-0.2, 0) is 0 Å². The second-order valence-electron chi connectivity index (χ2n) is 18.8. The van der Waals surface area contributed by atoms with Gasteiger partial charge in [-0.1, -0.05) is 288 Å². The second kappa shape index (κ2) is 54.2. The van der Waals surface area contributed by atoms with Crippen LogP contribution in [0.25, 0.3) is 0 Å². The Kier molecular flexibility index (Phi) is 53.4. The highest BCUT2D eigenvalue weighted by Crippen LogP contribution is 2.18. The summed E-state index contributed by atoms with van der Waals surface area (Å²) < 4.78 is 0. The first-order valence-corrected chi connectivity index (χ1v) is 27.4. The predicted octanol–water partition coefficient (Wildman–Crippen LogP) is 20.8.